The van der Waals surface area contributed by atoms with Gasteiger partial charge in [0.05, 0.1) is 0 Å². The molecule has 0 bridgehead atoms. The number of hydrogen-bond donors (Lipinski definition) is 0. The van der Waals surface area contributed by atoms with Crippen LogP contribution in [-0.2, 0) is 16.5 Å². The van der Waals surface area contributed by atoms with Gasteiger partial charge in [0.25, 0.3) is 19.3 Å². The van der Waals surface area contributed by atoms with Crippen molar-refractivity contribution in [1.82, 2.24) is 0 Å². The molecule has 0 aromatic heterocycles. The summed E-state index contributed by atoms with van der Waals surface area (Å²) in [5.41, 5.74) is 1.80. The van der Waals surface area contributed by atoms with E-state index in [1.54, 1.807) is 5.70 Å². The summed E-state index contributed by atoms with van der Waals surface area (Å²) in [5, 5.41) is 0. The van der Waals surface area contributed by atoms with Gasteiger partial charge in [0, 0.05) is 0 Å². The van der Waals surface area contributed by atoms with E-state index in [0.29, 0.717) is 0 Å². The zero-order valence-electron chi connectivity index (χ0n) is 9.20. The molecular weight excluding hydrogens is 248 g/mol. The minimum atomic E-state index is -2.20. The van der Waals surface area contributed by atoms with Crippen molar-refractivity contribution in [3.8, 4) is 0 Å². The van der Waals surface area contributed by atoms with Crippen LogP contribution in [0.15, 0.2) is 12.3 Å². The van der Waals surface area contributed by atoms with Crippen LogP contribution in [-0.4, -0.2) is 36.4 Å². The summed E-state index contributed by atoms with van der Waals surface area (Å²) in [7, 11) is -6.70. The van der Waals surface area contributed by atoms with E-state index >= 15 is 0 Å². The molecule has 0 aromatic carbocycles. The Bertz CT molecular complexity index is 224. The summed E-state index contributed by atoms with van der Waals surface area (Å²) >= 11 is 0. The molecule has 2 atom stereocenters. The zero-order valence-corrected chi connectivity index (χ0v) is 13.8. The first-order valence-electron chi connectivity index (χ1n) is 4.64. The van der Waals surface area contributed by atoms with E-state index in [1.807, 2.05) is 26.2 Å². The van der Waals surface area contributed by atoms with Crippen LogP contribution in [0.25, 0.3) is 0 Å². The van der Waals surface area contributed by atoms with Gasteiger partial charge in [0.15, 0.2) is 0 Å². The minimum absolute atomic E-state index is 0.935. The van der Waals surface area contributed by atoms with Crippen LogP contribution in [0.3, 0.4) is 0 Å². The highest BCUT2D eigenvalue weighted by Gasteiger charge is 2.40. The van der Waals surface area contributed by atoms with Crippen molar-refractivity contribution in [2.45, 2.75) is 26.2 Å². The van der Waals surface area contributed by atoms with E-state index in [9.17, 15) is 0 Å². The molecule has 0 spiro atoms. The molecule has 0 aromatic rings. The van der Waals surface area contributed by atoms with Crippen LogP contribution in [0.4, 0.5) is 0 Å². The normalized spacial score (nSPS) is 40.1. The van der Waals surface area contributed by atoms with Crippen molar-refractivity contribution >= 4 is 36.4 Å². The van der Waals surface area contributed by atoms with Gasteiger partial charge in [-0.05, 0) is 26.2 Å². The molecule has 0 radical (unpaired) electrons. The SMILES string of the molecule is C=C[Si]1(C)O[SiH2]O[SiH](C)O[Si](C)(C)O1. The minimum Gasteiger partial charge on any atom is -0.423 e. The maximum Gasteiger partial charge on any atom is 0.343 e. The fourth-order valence-corrected chi connectivity index (χ4v) is 14.1. The second kappa shape index (κ2) is 4.53. The predicted molar refractivity (Wildman–Crippen MR) is 65.2 cm³/mol. The highest BCUT2D eigenvalue weighted by molar-refractivity contribution is 6.86. The molecule has 4 nitrogen and oxygen atoms in total. The average molecular weight is 267 g/mol. The third kappa shape index (κ3) is 3.55. The Hall–Kier alpha value is 0.448. The second-order valence-corrected chi connectivity index (χ2v) is 14.7. The van der Waals surface area contributed by atoms with Crippen LogP contribution in [0.5, 0.6) is 0 Å². The monoisotopic (exact) mass is 266 g/mol. The smallest absolute Gasteiger partial charge is 0.343 e. The van der Waals surface area contributed by atoms with Crippen molar-refractivity contribution in [1.29, 1.82) is 0 Å². The average Bonchev–Trinajstić information content (AvgIpc) is 2.00. The van der Waals surface area contributed by atoms with Crippen molar-refractivity contribution < 1.29 is 16.5 Å². The summed E-state index contributed by atoms with van der Waals surface area (Å²) in [6.45, 7) is 11.8. The lowest BCUT2D eigenvalue weighted by Crippen LogP contribution is -2.55. The Labute approximate surface area is 91.6 Å². The Morgan fingerprint density at radius 2 is 2.00 bits per heavy atom. The van der Waals surface area contributed by atoms with Crippen molar-refractivity contribution in [2.24, 2.45) is 0 Å². The molecule has 0 saturated carbocycles. The van der Waals surface area contributed by atoms with Crippen LogP contribution < -0.4 is 0 Å². The molecular formula is C6H18O4Si4. The molecule has 14 heavy (non-hydrogen) atoms. The van der Waals surface area contributed by atoms with E-state index in [-0.39, 0.29) is 0 Å². The van der Waals surface area contributed by atoms with Gasteiger partial charge in [-0.1, -0.05) is 5.70 Å². The molecule has 2 unspecified atom stereocenters. The number of hydrogen-bond acceptors (Lipinski definition) is 4. The summed E-state index contributed by atoms with van der Waals surface area (Å²) in [6, 6.07) is 0. The molecule has 1 aliphatic rings. The zero-order chi connectivity index (χ0) is 10.8. The topological polar surface area (TPSA) is 36.9 Å². The first-order valence-corrected chi connectivity index (χ1v) is 13.1. The highest BCUT2D eigenvalue weighted by atomic mass is 28.5. The number of rotatable bonds is 1. The van der Waals surface area contributed by atoms with Crippen LogP contribution in [0, 0.1) is 0 Å². The van der Waals surface area contributed by atoms with E-state index in [1.165, 1.54) is 0 Å². The third-order valence-electron chi connectivity index (χ3n) is 1.92. The van der Waals surface area contributed by atoms with Crippen LogP contribution >= 0.6 is 0 Å². The molecule has 82 valence electrons. The van der Waals surface area contributed by atoms with E-state index in [0.717, 1.165) is 0 Å². The van der Waals surface area contributed by atoms with Gasteiger partial charge in [0.2, 0.25) is 0 Å². The highest BCUT2D eigenvalue weighted by Crippen LogP contribution is 2.20. The Kier molecular flexibility index (Phi) is 4.05. The lowest BCUT2D eigenvalue weighted by Gasteiger charge is -2.37. The Balaban J connectivity index is 2.74. The molecule has 0 N–H and O–H groups in total. The largest absolute Gasteiger partial charge is 0.423 e. The first-order chi connectivity index (χ1) is 6.37. The van der Waals surface area contributed by atoms with Gasteiger partial charge < -0.3 is 16.5 Å². The summed E-state index contributed by atoms with van der Waals surface area (Å²) in [6.07, 6.45) is 0. The lowest BCUT2D eigenvalue weighted by molar-refractivity contribution is 0.279. The van der Waals surface area contributed by atoms with Crippen molar-refractivity contribution in [3.63, 3.8) is 0 Å². The Morgan fingerprint density at radius 1 is 1.36 bits per heavy atom. The van der Waals surface area contributed by atoms with E-state index in [2.05, 4.69) is 6.58 Å². The van der Waals surface area contributed by atoms with Gasteiger partial charge in [0.1, 0.15) is 0 Å². The third-order valence-corrected chi connectivity index (χ3v) is 15.0. The van der Waals surface area contributed by atoms with Gasteiger partial charge in [-0.2, -0.15) is 0 Å². The van der Waals surface area contributed by atoms with E-state index in [4.69, 9.17) is 16.5 Å². The molecule has 0 aliphatic carbocycles. The lowest BCUT2D eigenvalue weighted by atomic mass is 11.3. The van der Waals surface area contributed by atoms with Gasteiger partial charge in [-0.3, -0.25) is 0 Å². The summed E-state index contributed by atoms with van der Waals surface area (Å²) < 4.78 is 23.2. The predicted octanol–water partition coefficient (Wildman–Crippen LogP) is 0.414. The van der Waals surface area contributed by atoms with Gasteiger partial charge in [-0.15, -0.1) is 6.58 Å². The summed E-state index contributed by atoms with van der Waals surface area (Å²) in [4.78, 5) is 0. The summed E-state index contributed by atoms with van der Waals surface area (Å²) in [5.74, 6) is 0. The molecule has 1 rings (SSSR count). The molecule has 0 amide bonds. The van der Waals surface area contributed by atoms with E-state index < -0.39 is 36.4 Å². The standard InChI is InChI=1S/C6H18O4Si4/c1-6-14(5)8-11-7-12(2)9-13(3,4)10-14/h6,12H,1,11H2,2-5H3. The quantitative estimate of drug-likeness (QED) is 0.645. The molecule has 1 aliphatic heterocycles. The molecule has 8 heteroatoms. The fourth-order valence-electron chi connectivity index (χ4n) is 1.32. The maximum absolute atomic E-state index is 5.99. The molecule has 1 saturated heterocycles. The molecule has 1 heterocycles. The van der Waals surface area contributed by atoms with Gasteiger partial charge in [-0.25, -0.2) is 0 Å². The van der Waals surface area contributed by atoms with Crippen LogP contribution in [0.1, 0.15) is 0 Å². The molecule has 1 fully saturated rings. The fraction of sp³-hybridized carbons (Fsp3) is 0.667. The van der Waals surface area contributed by atoms with Crippen LogP contribution in [0.2, 0.25) is 26.2 Å². The maximum atomic E-state index is 5.99. The first kappa shape index (κ1) is 12.5. The van der Waals surface area contributed by atoms with Crippen molar-refractivity contribution in [3.05, 3.63) is 12.3 Å². The second-order valence-electron chi connectivity index (χ2n) is 3.84. The Morgan fingerprint density at radius 3 is 2.57 bits per heavy atom. The van der Waals surface area contributed by atoms with Crippen molar-refractivity contribution in [2.75, 3.05) is 0 Å². The van der Waals surface area contributed by atoms with Gasteiger partial charge >= 0.3 is 17.1 Å².